The minimum absolute atomic E-state index is 0.338. The summed E-state index contributed by atoms with van der Waals surface area (Å²) >= 11 is 0. The average molecular weight is 259 g/mol. The van der Waals surface area contributed by atoms with Crippen molar-refractivity contribution in [1.82, 2.24) is 19.5 Å². The molecule has 0 spiro atoms. The summed E-state index contributed by atoms with van der Waals surface area (Å²) in [6.45, 7) is 11.2. The minimum Gasteiger partial charge on any atom is -0.370 e. The van der Waals surface area contributed by atoms with Crippen LogP contribution in [0.2, 0.25) is 0 Å². The molecule has 102 valence electrons. The van der Waals surface area contributed by atoms with Gasteiger partial charge < -0.3 is 9.88 Å². The van der Waals surface area contributed by atoms with Gasteiger partial charge in [0.05, 0.1) is 12.5 Å². The number of rotatable bonds is 4. The zero-order chi connectivity index (χ0) is 14.0. The van der Waals surface area contributed by atoms with Crippen molar-refractivity contribution >= 4 is 5.82 Å². The Morgan fingerprint density at radius 2 is 2.00 bits per heavy atom. The van der Waals surface area contributed by atoms with Gasteiger partial charge in [-0.2, -0.15) is 0 Å². The number of hydrogen-bond donors (Lipinski definition) is 1. The normalized spacial score (nSPS) is 11.1. The van der Waals surface area contributed by atoms with Crippen molar-refractivity contribution in [2.75, 3.05) is 11.9 Å². The number of hydrogen-bond acceptors (Lipinski definition) is 4. The smallest absolute Gasteiger partial charge is 0.180 e. The molecule has 2 rings (SSSR count). The van der Waals surface area contributed by atoms with Crippen LogP contribution in [-0.2, 0) is 0 Å². The van der Waals surface area contributed by atoms with Crippen LogP contribution >= 0.6 is 0 Å². The van der Waals surface area contributed by atoms with E-state index in [1.807, 2.05) is 26.4 Å². The highest BCUT2D eigenvalue weighted by atomic mass is 15.1. The lowest BCUT2D eigenvalue weighted by molar-refractivity contribution is 0.603. The van der Waals surface area contributed by atoms with Crippen molar-refractivity contribution in [3.8, 4) is 11.5 Å². The second kappa shape index (κ2) is 5.38. The molecule has 0 amide bonds. The number of aromatic nitrogens is 4. The van der Waals surface area contributed by atoms with Gasteiger partial charge in [0.25, 0.3) is 0 Å². The number of aryl methyl sites for hydroxylation is 1. The molecule has 0 aliphatic heterocycles. The van der Waals surface area contributed by atoms with Gasteiger partial charge in [-0.1, -0.05) is 0 Å². The van der Waals surface area contributed by atoms with E-state index in [-0.39, 0.29) is 0 Å². The first-order chi connectivity index (χ1) is 9.04. The molecule has 5 heteroatoms. The Morgan fingerprint density at radius 1 is 1.26 bits per heavy atom. The minimum atomic E-state index is 0.338. The third kappa shape index (κ3) is 2.59. The summed E-state index contributed by atoms with van der Waals surface area (Å²) in [7, 11) is 0. The predicted octanol–water partition coefficient (Wildman–Crippen LogP) is 2.97. The standard InChI is InChI=1S/C14H21N5/c1-6-16-13-10(4)11(5)17-14(18-13)12-7-15-8-19(12)9(2)3/h7-9H,6H2,1-5H3,(H,16,17,18). The summed E-state index contributed by atoms with van der Waals surface area (Å²) in [6.07, 6.45) is 3.64. The molecule has 5 nitrogen and oxygen atoms in total. The molecule has 19 heavy (non-hydrogen) atoms. The van der Waals surface area contributed by atoms with E-state index in [1.165, 1.54) is 0 Å². The molecule has 0 aromatic carbocycles. The number of nitrogens with zero attached hydrogens (tertiary/aromatic N) is 4. The van der Waals surface area contributed by atoms with E-state index < -0.39 is 0 Å². The summed E-state index contributed by atoms with van der Waals surface area (Å²) in [5.41, 5.74) is 3.05. The predicted molar refractivity (Wildman–Crippen MR) is 77.3 cm³/mol. The van der Waals surface area contributed by atoms with E-state index in [0.29, 0.717) is 6.04 Å². The first kappa shape index (κ1) is 13.5. The molecule has 2 aromatic rings. The van der Waals surface area contributed by atoms with Crippen LogP contribution in [-0.4, -0.2) is 26.1 Å². The van der Waals surface area contributed by atoms with Gasteiger partial charge in [-0.3, -0.25) is 0 Å². The zero-order valence-corrected chi connectivity index (χ0v) is 12.2. The Bertz CT molecular complexity index is 571. The van der Waals surface area contributed by atoms with Crippen molar-refractivity contribution < 1.29 is 0 Å². The van der Waals surface area contributed by atoms with Crippen LogP contribution in [0.4, 0.5) is 5.82 Å². The number of anilines is 1. The lowest BCUT2D eigenvalue weighted by Crippen LogP contribution is -2.08. The van der Waals surface area contributed by atoms with Gasteiger partial charge in [-0.25, -0.2) is 15.0 Å². The highest BCUT2D eigenvalue weighted by molar-refractivity contribution is 5.56. The molecule has 2 heterocycles. The van der Waals surface area contributed by atoms with Crippen molar-refractivity contribution in [1.29, 1.82) is 0 Å². The molecule has 0 fully saturated rings. The van der Waals surface area contributed by atoms with E-state index in [1.54, 1.807) is 0 Å². The maximum absolute atomic E-state index is 4.63. The lowest BCUT2D eigenvalue weighted by atomic mass is 10.2. The van der Waals surface area contributed by atoms with Crippen molar-refractivity contribution in [2.45, 2.75) is 40.7 Å². The molecule has 0 radical (unpaired) electrons. The van der Waals surface area contributed by atoms with Crippen LogP contribution in [0, 0.1) is 13.8 Å². The highest BCUT2D eigenvalue weighted by Crippen LogP contribution is 2.23. The number of nitrogens with one attached hydrogen (secondary N) is 1. The van der Waals surface area contributed by atoms with Gasteiger partial charge in [0.2, 0.25) is 0 Å². The van der Waals surface area contributed by atoms with Gasteiger partial charge >= 0.3 is 0 Å². The molecule has 0 saturated carbocycles. The van der Waals surface area contributed by atoms with Crippen LogP contribution in [0.25, 0.3) is 11.5 Å². The fraction of sp³-hybridized carbons (Fsp3) is 0.500. The van der Waals surface area contributed by atoms with Crippen LogP contribution in [0.1, 0.15) is 38.1 Å². The quantitative estimate of drug-likeness (QED) is 0.917. The van der Waals surface area contributed by atoms with E-state index in [4.69, 9.17) is 0 Å². The first-order valence-electron chi connectivity index (χ1n) is 6.65. The second-order valence-electron chi connectivity index (χ2n) is 4.92. The van der Waals surface area contributed by atoms with Crippen molar-refractivity contribution in [2.24, 2.45) is 0 Å². The van der Waals surface area contributed by atoms with Gasteiger partial charge in [0.15, 0.2) is 5.82 Å². The van der Waals surface area contributed by atoms with Gasteiger partial charge in [0, 0.05) is 23.8 Å². The molecule has 0 unspecified atom stereocenters. The van der Waals surface area contributed by atoms with E-state index in [0.717, 1.165) is 35.1 Å². The Hall–Kier alpha value is -1.91. The van der Waals surface area contributed by atoms with Crippen LogP contribution < -0.4 is 5.32 Å². The Labute approximate surface area is 114 Å². The molecular formula is C14H21N5. The average Bonchev–Trinajstić information content (AvgIpc) is 2.84. The van der Waals surface area contributed by atoms with Crippen molar-refractivity contribution in [3.63, 3.8) is 0 Å². The summed E-state index contributed by atoms with van der Waals surface area (Å²) in [4.78, 5) is 13.4. The maximum atomic E-state index is 4.63. The third-order valence-electron chi connectivity index (χ3n) is 3.18. The molecule has 0 aliphatic rings. The Kier molecular flexibility index (Phi) is 3.83. The first-order valence-corrected chi connectivity index (χ1v) is 6.65. The lowest BCUT2D eigenvalue weighted by Gasteiger charge is -2.14. The maximum Gasteiger partial charge on any atom is 0.180 e. The summed E-state index contributed by atoms with van der Waals surface area (Å²) in [5.74, 6) is 1.63. The molecule has 0 atom stereocenters. The molecule has 2 aromatic heterocycles. The van der Waals surface area contributed by atoms with E-state index >= 15 is 0 Å². The molecule has 0 saturated heterocycles. The summed E-state index contributed by atoms with van der Waals surface area (Å²) < 4.78 is 2.08. The molecule has 0 aliphatic carbocycles. The Balaban J connectivity index is 2.53. The zero-order valence-electron chi connectivity index (χ0n) is 12.2. The van der Waals surface area contributed by atoms with Gasteiger partial charge in [-0.05, 0) is 34.6 Å². The molecule has 1 N–H and O–H groups in total. The van der Waals surface area contributed by atoms with E-state index in [2.05, 4.69) is 45.6 Å². The van der Waals surface area contributed by atoms with Gasteiger partial charge in [0.1, 0.15) is 11.5 Å². The summed E-state index contributed by atoms with van der Waals surface area (Å²) in [6, 6.07) is 0.338. The molecular weight excluding hydrogens is 238 g/mol. The third-order valence-corrected chi connectivity index (χ3v) is 3.18. The second-order valence-corrected chi connectivity index (χ2v) is 4.92. The van der Waals surface area contributed by atoms with Crippen LogP contribution in [0.5, 0.6) is 0 Å². The van der Waals surface area contributed by atoms with Crippen molar-refractivity contribution in [3.05, 3.63) is 23.8 Å². The van der Waals surface area contributed by atoms with Gasteiger partial charge in [-0.15, -0.1) is 0 Å². The van der Waals surface area contributed by atoms with Crippen LogP contribution in [0.15, 0.2) is 12.5 Å². The topological polar surface area (TPSA) is 55.6 Å². The SMILES string of the molecule is CCNc1nc(-c2cncn2C(C)C)nc(C)c1C. The number of imidazole rings is 1. The Morgan fingerprint density at radius 3 is 2.63 bits per heavy atom. The van der Waals surface area contributed by atoms with Crippen LogP contribution in [0.3, 0.4) is 0 Å². The fourth-order valence-electron chi connectivity index (χ4n) is 1.97. The highest BCUT2D eigenvalue weighted by Gasteiger charge is 2.14. The monoisotopic (exact) mass is 259 g/mol. The largest absolute Gasteiger partial charge is 0.370 e. The molecule has 0 bridgehead atoms. The summed E-state index contributed by atoms with van der Waals surface area (Å²) in [5, 5.41) is 3.29. The van der Waals surface area contributed by atoms with E-state index in [9.17, 15) is 0 Å². The fourth-order valence-corrected chi connectivity index (χ4v) is 1.97.